The second-order valence-electron chi connectivity index (χ2n) is 3.83. The van der Waals surface area contributed by atoms with Crippen molar-refractivity contribution in [1.29, 1.82) is 0 Å². The van der Waals surface area contributed by atoms with Crippen molar-refractivity contribution < 1.29 is 9.59 Å². The van der Waals surface area contributed by atoms with Gasteiger partial charge in [0.15, 0.2) is 0 Å². The Morgan fingerprint density at radius 3 is 2.35 bits per heavy atom. The summed E-state index contributed by atoms with van der Waals surface area (Å²) < 4.78 is 1.45. The van der Waals surface area contributed by atoms with Gasteiger partial charge in [-0.3, -0.25) is 9.69 Å². The van der Waals surface area contributed by atoms with Gasteiger partial charge in [-0.25, -0.2) is 14.7 Å². The third kappa shape index (κ3) is 3.02. The van der Waals surface area contributed by atoms with Gasteiger partial charge >= 0.3 is 11.9 Å². The number of benzene rings is 1. The van der Waals surface area contributed by atoms with Crippen LogP contribution in [0, 0.1) is 0 Å². The topological polar surface area (TPSA) is 53.0 Å². The number of hydrogen-bond donors (Lipinski definition) is 0. The predicted molar refractivity (Wildman–Crippen MR) is 88.2 cm³/mol. The van der Waals surface area contributed by atoms with Gasteiger partial charge in [-0.2, -0.15) is 0 Å². The van der Waals surface area contributed by atoms with E-state index in [1.807, 2.05) is 0 Å². The SMILES string of the molecule is CN1C(=O)N(c2ccc(Br)cc2)C(=O)C1=NC=C(Br)Br. The van der Waals surface area contributed by atoms with Crippen molar-refractivity contribution in [3.63, 3.8) is 0 Å². The smallest absolute Gasteiger partial charge is 0.276 e. The van der Waals surface area contributed by atoms with Crippen molar-refractivity contribution >= 4 is 71.3 Å². The summed E-state index contributed by atoms with van der Waals surface area (Å²) >= 11 is 9.59. The lowest BCUT2D eigenvalue weighted by molar-refractivity contribution is -0.111. The number of likely N-dealkylation sites (N-methyl/N-ethyl adjacent to an activating group) is 1. The summed E-state index contributed by atoms with van der Waals surface area (Å²) in [7, 11) is 1.51. The van der Waals surface area contributed by atoms with Crippen molar-refractivity contribution in [3.8, 4) is 0 Å². The number of hydrogen-bond acceptors (Lipinski definition) is 3. The summed E-state index contributed by atoms with van der Waals surface area (Å²) in [6, 6.07) is 6.47. The van der Waals surface area contributed by atoms with Crippen LogP contribution in [0.1, 0.15) is 0 Å². The molecule has 0 atom stereocenters. The molecule has 1 aromatic carbocycles. The van der Waals surface area contributed by atoms with E-state index in [-0.39, 0.29) is 5.84 Å². The largest absolute Gasteiger partial charge is 0.337 e. The molecule has 3 amide bonds. The number of urea groups is 1. The van der Waals surface area contributed by atoms with Gasteiger partial charge in [0, 0.05) is 11.5 Å². The molecule has 0 aliphatic carbocycles. The second kappa shape index (κ2) is 6.19. The molecular formula is C12H8Br3N3O2. The number of carbonyl (C=O) groups excluding carboxylic acids is 2. The van der Waals surface area contributed by atoms with Crippen molar-refractivity contribution in [3.05, 3.63) is 38.3 Å². The number of carbonyl (C=O) groups is 2. The maximum absolute atomic E-state index is 12.3. The molecule has 20 heavy (non-hydrogen) atoms. The van der Waals surface area contributed by atoms with E-state index >= 15 is 0 Å². The molecule has 0 radical (unpaired) electrons. The highest BCUT2D eigenvalue weighted by molar-refractivity contribution is 9.28. The predicted octanol–water partition coefficient (Wildman–Crippen LogP) is 3.83. The van der Waals surface area contributed by atoms with E-state index in [9.17, 15) is 9.59 Å². The first kappa shape index (κ1) is 15.4. The Bertz CT molecular complexity index is 621. The summed E-state index contributed by atoms with van der Waals surface area (Å²) in [5.41, 5.74) is 0.502. The van der Waals surface area contributed by atoms with Crippen LogP contribution in [0.4, 0.5) is 10.5 Å². The first-order valence-electron chi connectivity index (χ1n) is 5.38. The summed E-state index contributed by atoms with van der Waals surface area (Å²) in [6.07, 6.45) is 1.40. The highest BCUT2D eigenvalue weighted by Crippen LogP contribution is 2.24. The van der Waals surface area contributed by atoms with Crippen LogP contribution in [-0.4, -0.2) is 29.7 Å². The molecule has 2 rings (SSSR count). The maximum Gasteiger partial charge on any atom is 0.337 e. The van der Waals surface area contributed by atoms with Gasteiger partial charge in [0.05, 0.1) is 15.3 Å². The van der Waals surface area contributed by atoms with Crippen LogP contribution in [-0.2, 0) is 4.79 Å². The van der Waals surface area contributed by atoms with E-state index in [4.69, 9.17) is 0 Å². The van der Waals surface area contributed by atoms with Crippen LogP contribution in [0.25, 0.3) is 0 Å². The molecule has 0 saturated carbocycles. The molecule has 1 heterocycles. The lowest BCUT2D eigenvalue weighted by atomic mass is 10.3. The molecule has 1 saturated heterocycles. The fraction of sp³-hybridized carbons (Fsp3) is 0.0833. The molecular weight excluding hydrogens is 458 g/mol. The van der Waals surface area contributed by atoms with E-state index in [0.717, 1.165) is 9.37 Å². The fourth-order valence-corrected chi connectivity index (χ4v) is 2.11. The molecule has 8 heteroatoms. The number of amides is 3. The molecule has 1 aromatic rings. The van der Waals surface area contributed by atoms with Gasteiger partial charge in [0.1, 0.15) is 0 Å². The molecule has 0 aromatic heterocycles. The lowest BCUT2D eigenvalue weighted by Crippen LogP contribution is -2.31. The zero-order chi connectivity index (χ0) is 14.9. The van der Waals surface area contributed by atoms with Gasteiger partial charge in [0.2, 0.25) is 5.84 Å². The Hall–Kier alpha value is -0.990. The quantitative estimate of drug-likeness (QED) is 0.623. The Balaban J connectivity index is 2.40. The van der Waals surface area contributed by atoms with Crippen molar-refractivity contribution in [2.75, 3.05) is 11.9 Å². The van der Waals surface area contributed by atoms with Crippen LogP contribution < -0.4 is 4.90 Å². The van der Waals surface area contributed by atoms with Gasteiger partial charge in [-0.15, -0.1) is 0 Å². The molecule has 1 fully saturated rings. The van der Waals surface area contributed by atoms with Gasteiger partial charge in [0.25, 0.3) is 0 Å². The highest BCUT2D eigenvalue weighted by Gasteiger charge is 2.41. The number of rotatable bonds is 2. The van der Waals surface area contributed by atoms with Crippen molar-refractivity contribution in [2.24, 2.45) is 4.99 Å². The van der Waals surface area contributed by atoms with Crippen LogP contribution >= 0.6 is 47.8 Å². The van der Waals surface area contributed by atoms with E-state index in [1.165, 1.54) is 18.1 Å². The molecule has 0 unspecified atom stereocenters. The van der Waals surface area contributed by atoms with Gasteiger partial charge in [-0.1, -0.05) is 15.9 Å². The maximum atomic E-state index is 12.3. The third-order valence-electron chi connectivity index (χ3n) is 2.56. The molecule has 0 bridgehead atoms. The van der Waals surface area contributed by atoms with Crippen LogP contribution in [0.5, 0.6) is 0 Å². The van der Waals surface area contributed by atoms with Gasteiger partial charge in [-0.05, 0) is 56.1 Å². The van der Waals surface area contributed by atoms with Crippen molar-refractivity contribution in [2.45, 2.75) is 0 Å². The summed E-state index contributed by atoms with van der Waals surface area (Å²) in [5.74, 6) is -0.397. The number of aliphatic imine (C=N–C) groups is 1. The summed E-state index contributed by atoms with van der Waals surface area (Å²) in [4.78, 5) is 30.7. The lowest BCUT2D eigenvalue weighted by Gasteiger charge is -2.12. The van der Waals surface area contributed by atoms with E-state index in [0.29, 0.717) is 9.08 Å². The molecule has 104 valence electrons. The molecule has 0 spiro atoms. The average Bonchev–Trinajstić information content (AvgIpc) is 2.60. The number of nitrogens with zero attached hydrogens (tertiary/aromatic N) is 3. The van der Waals surface area contributed by atoms with Crippen LogP contribution in [0.2, 0.25) is 0 Å². The van der Waals surface area contributed by atoms with E-state index in [2.05, 4.69) is 52.8 Å². The minimum atomic E-state index is -0.461. The minimum Gasteiger partial charge on any atom is -0.276 e. The normalized spacial score (nSPS) is 17.1. The molecule has 1 aliphatic rings. The van der Waals surface area contributed by atoms with E-state index < -0.39 is 11.9 Å². The van der Waals surface area contributed by atoms with E-state index in [1.54, 1.807) is 24.3 Å². The molecule has 1 aliphatic heterocycles. The molecule has 5 nitrogen and oxygen atoms in total. The van der Waals surface area contributed by atoms with Crippen LogP contribution in [0.15, 0.2) is 43.3 Å². The monoisotopic (exact) mass is 463 g/mol. The van der Waals surface area contributed by atoms with Crippen molar-refractivity contribution in [1.82, 2.24) is 4.90 Å². The standard InChI is InChI=1S/C12H8Br3N3O2/c1-17-10(16-6-9(14)15)11(19)18(12(17)20)8-4-2-7(13)3-5-8/h2-6H,1H3. The first-order valence-corrected chi connectivity index (χ1v) is 7.76. The summed E-state index contributed by atoms with van der Waals surface area (Å²) in [5, 5.41) is 0. The zero-order valence-electron chi connectivity index (χ0n) is 10.2. The van der Waals surface area contributed by atoms with Crippen LogP contribution in [0.3, 0.4) is 0 Å². The Labute approximate surface area is 140 Å². The minimum absolute atomic E-state index is 0.0642. The Morgan fingerprint density at radius 1 is 1.20 bits per heavy atom. The number of halogens is 3. The Kier molecular flexibility index (Phi) is 4.77. The zero-order valence-corrected chi connectivity index (χ0v) is 14.9. The second-order valence-corrected chi connectivity index (χ2v) is 7.52. The first-order chi connectivity index (χ1) is 9.41. The fourth-order valence-electron chi connectivity index (χ4n) is 1.64. The number of imide groups is 1. The number of anilines is 1. The highest BCUT2D eigenvalue weighted by atomic mass is 79.9. The Morgan fingerprint density at radius 2 is 1.80 bits per heavy atom. The number of amidine groups is 1. The van der Waals surface area contributed by atoms with Gasteiger partial charge < -0.3 is 0 Å². The third-order valence-corrected chi connectivity index (χ3v) is 3.50. The molecule has 0 N–H and O–H groups in total. The summed E-state index contributed by atoms with van der Waals surface area (Å²) in [6.45, 7) is 0. The average molecular weight is 466 g/mol.